The van der Waals surface area contributed by atoms with Gasteiger partial charge in [-0.15, -0.1) is 0 Å². The van der Waals surface area contributed by atoms with Crippen molar-refractivity contribution in [2.45, 2.75) is 64.2 Å². The van der Waals surface area contributed by atoms with Crippen molar-refractivity contribution in [1.29, 1.82) is 0 Å². The van der Waals surface area contributed by atoms with E-state index in [9.17, 15) is 4.79 Å². The fourth-order valence-corrected chi connectivity index (χ4v) is 12.6. The van der Waals surface area contributed by atoms with Crippen molar-refractivity contribution in [3.05, 3.63) is 220 Å². The number of imidazole rings is 1. The van der Waals surface area contributed by atoms with Crippen LogP contribution in [-0.2, 0) is 37.0 Å². The Kier molecular flexibility index (Phi) is 11.4. The van der Waals surface area contributed by atoms with Gasteiger partial charge in [0.2, 0.25) is 0 Å². The molecule has 0 unspecified atom stereocenters. The van der Waals surface area contributed by atoms with Crippen LogP contribution in [0, 0.1) is 22.9 Å². The van der Waals surface area contributed by atoms with Gasteiger partial charge in [0.25, 0.3) is 0 Å². The average Bonchev–Trinajstić information content (AvgIpc) is 3.92. The summed E-state index contributed by atoms with van der Waals surface area (Å²) >= 11 is 2.48. The van der Waals surface area contributed by atoms with E-state index in [4.69, 9.17) is 9.72 Å². The maximum atomic E-state index is 13.1. The van der Waals surface area contributed by atoms with Crippen molar-refractivity contribution in [3.8, 4) is 62.1 Å². The molecule has 0 radical (unpaired) electrons. The summed E-state index contributed by atoms with van der Waals surface area (Å²) in [6.07, 6.45) is 10.3. The van der Waals surface area contributed by atoms with Gasteiger partial charge in [-0.25, -0.2) is 0 Å². The number of pyridine rings is 1. The first-order chi connectivity index (χ1) is 35.4. The number of Topliss-reactive ketones (excluding diaryl/α,β-unsaturated/α-hetero) is 1. The first-order valence-electron chi connectivity index (χ1n) is 25.2. The quantitative estimate of drug-likeness (QED) is 0.135. The Morgan fingerprint density at radius 2 is 1.28 bits per heavy atom. The van der Waals surface area contributed by atoms with E-state index in [1.807, 2.05) is 24.4 Å². The number of aryl methyl sites for hydroxylation is 1. The van der Waals surface area contributed by atoms with E-state index in [0.29, 0.717) is 36.7 Å². The first-order valence-corrected chi connectivity index (χ1v) is 26.3. The van der Waals surface area contributed by atoms with Crippen LogP contribution in [0.1, 0.15) is 66.7 Å². The summed E-state index contributed by atoms with van der Waals surface area (Å²) in [6.45, 7) is 2.18. The molecule has 2 aliphatic rings. The SMILES string of the molecule is Cc1cc(-n2c3[c-]c(Oc4[c-]c(-n5[c](=[Pt])n(-c6c(-c7ccccc7)cc7c(c6-c6ccccc6)CCC(=O)C7)c6ccccc65)ccc4)ccc3c3ccccc32)ncc1-c1ccc(C2CCCCC2)cc1. The molecule has 0 N–H and O–H groups in total. The van der Waals surface area contributed by atoms with Crippen LogP contribution in [0.25, 0.3) is 83.4 Å². The van der Waals surface area contributed by atoms with Gasteiger partial charge in [-0.3, -0.25) is 0 Å². The second-order valence-electron chi connectivity index (χ2n) is 19.4. The maximum absolute atomic E-state index is 13.1. The Bertz CT molecular complexity index is 3950. The standard InChI is InChI=1S/C65H50N4O2.Pt/c1-43-36-63(66-41-58(43)47-30-28-45(29-31-47)44-16-5-2-6-17-44)69-59-25-12-11-24-55(59)56-35-33-53(40-62(56)69)71-52-23-15-22-50(39-52)67-42-68(61-27-14-13-26-60(61)67)65-57(46-18-7-3-8-19-46)38-49-37-51(70)32-34-54(49)64(65)48-20-9-4-10-21-48;/h3-4,7-15,18-31,33,35-36,38,41,44H,2,5-6,16-17,32,34,37H2,1H3;/q-2;. The second-order valence-corrected chi connectivity index (χ2v) is 20.4. The first kappa shape index (κ1) is 44.3. The van der Waals surface area contributed by atoms with E-state index in [0.717, 1.165) is 87.2 Å². The zero-order valence-electron chi connectivity index (χ0n) is 40.0. The fraction of sp³-hybridized carbons (Fsp3) is 0.154. The van der Waals surface area contributed by atoms with Gasteiger partial charge in [-0.2, -0.15) is 0 Å². The third kappa shape index (κ3) is 7.81. The van der Waals surface area contributed by atoms with Gasteiger partial charge in [0, 0.05) is 11.8 Å². The van der Waals surface area contributed by atoms with Gasteiger partial charge >= 0.3 is 323 Å². The number of ether oxygens (including phenoxy) is 1. The number of fused-ring (bicyclic) bond motifs is 5. The number of para-hydroxylation sites is 3. The van der Waals surface area contributed by atoms with Gasteiger partial charge in [-0.05, 0) is 42.4 Å². The van der Waals surface area contributed by atoms with Gasteiger partial charge in [0.1, 0.15) is 0 Å². The molecule has 354 valence electrons. The molecule has 7 heteroatoms. The number of benzene rings is 8. The third-order valence-corrected chi connectivity index (χ3v) is 16.0. The predicted molar refractivity (Wildman–Crippen MR) is 286 cm³/mol. The molecule has 1 fully saturated rings. The minimum atomic E-state index is 0.285. The Hall–Kier alpha value is -7.66. The average molecular weight is 1110 g/mol. The van der Waals surface area contributed by atoms with Crippen LogP contribution in [0.4, 0.5) is 0 Å². The molecule has 3 heterocycles. The molecule has 1 saturated carbocycles. The van der Waals surface area contributed by atoms with Crippen LogP contribution in [0.2, 0.25) is 0 Å². The molecule has 0 bridgehead atoms. The van der Waals surface area contributed by atoms with E-state index >= 15 is 0 Å². The van der Waals surface area contributed by atoms with Gasteiger partial charge in [0.05, 0.1) is 0 Å². The number of hydrogen-bond donors (Lipinski definition) is 0. The van der Waals surface area contributed by atoms with E-state index in [1.165, 1.54) is 54.4 Å². The second kappa shape index (κ2) is 18.5. The minimum absolute atomic E-state index is 0.285. The van der Waals surface area contributed by atoms with Crippen molar-refractivity contribution in [2.75, 3.05) is 0 Å². The molecule has 3 aromatic heterocycles. The summed E-state index contributed by atoms with van der Waals surface area (Å²) in [6, 6.07) is 69.6. The Morgan fingerprint density at radius 3 is 2.04 bits per heavy atom. The number of rotatable bonds is 9. The molecule has 8 aromatic carbocycles. The van der Waals surface area contributed by atoms with E-state index in [-0.39, 0.29) is 5.78 Å². The van der Waals surface area contributed by atoms with Crippen LogP contribution in [-0.4, -0.2) is 24.5 Å². The molecule has 11 aromatic rings. The Balaban J connectivity index is 0.898. The summed E-state index contributed by atoms with van der Waals surface area (Å²) in [5, 5.41) is 2.21. The summed E-state index contributed by atoms with van der Waals surface area (Å²) in [5.74, 6) is 2.96. The molecule has 0 atom stereocenters. The zero-order chi connectivity index (χ0) is 48.3. The molecule has 2 aliphatic carbocycles. The molecule has 0 saturated heterocycles. The fourth-order valence-electron chi connectivity index (χ4n) is 11.6. The number of carbonyl (C=O) groups is 1. The molecular formula is C65H50N4O2Pt-2. The van der Waals surface area contributed by atoms with Gasteiger partial charge in [0.15, 0.2) is 0 Å². The van der Waals surface area contributed by atoms with Crippen LogP contribution in [0.15, 0.2) is 182 Å². The van der Waals surface area contributed by atoms with E-state index in [1.54, 1.807) is 0 Å². The normalized spacial score (nSPS) is 14.1. The Morgan fingerprint density at radius 1 is 0.597 bits per heavy atom. The zero-order valence-corrected chi connectivity index (χ0v) is 42.2. The minimum Gasteiger partial charge on any atom is -0.0581 e. The van der Waals surface area contributed by atoms with Crippen LogP contribution < -0.4 is 4.74 Å². The monoisotopic (exact) mass is 1110 g/mol. The molecule has 13 rings (SSSR count). The van der Waals surface area contributed by atoms with E-state index < -0.39 is 0 Å². The molecule has 0 aliphatic heterocycles. The molecule has 6 nitrogen and oxygen atoms in total. The van der Waals surface area contributed by atoms with Gasteiger partial charge in [-0.1, -0.05) is 55.7 Å². The summed E-state index contributed by atoms with van der Waals surface area (Å²) in [7, 11) is 0. The number of ketones is 1. The van der Waals surface area contributed by atoms with Crippen molar-refractivity contribution >= 4 is 38.6 Å². The number of hydrogen-bond acceptors (Lipinski definition) is 3. The van der Waals surface area contributed by atoms with Crippen molar-refractivity contribution in [3.63, 3.8) is 0 Å². The van der Waals surface area contributed by atoms with Crippen molar-refractivity contribution in [1.82, 2.24) is 18.7 Å². The van der Waals surface area contributed by atoms with Gasteiger partial charge < -0.3 is 0 Å². The van der Waals surface area contributed by atoms with Crippen LogP contribution in [0.3, 0.4) is 0 Å². The predicted octanol–water partition coefficient (Wildman–Crippen LogP) is 15.8. The topological polar surface area (TPSA) is 54.0 Å². The smallest absolute Gasteiger partial charge is 0.0581 e. The number of nitrogens with zero attached hydrogens (tertiary/aromatic N) is 4. The third-order valence-electron chi connectivity index (χ3n) is 15.0. The molecule has 0 spiro atoms. The number of carbonyl (C=O) groups excluding carboxylic acids is 1. The molecular weight excluding hydrogens is 1060 g/mol. The summed E-state index contributed by atoms with van der Waals surface area (Å²) in [5.41, 5.74) is 17.8. The van der Waals surface area contributed by atoms with Crippen LogP contribution in [0.5, 0.6) is 11.5 Å². The molecule has 72 heavy (non-hydrogen) atoms. The van der Waals surface area contributed by atoms with Crippen molar-refractivity contribution < 1.29 is 28.9 Å². The van der Waals surface area contributed by atoms with E-state index in [2.05, 4.69) is 210 Å². The molecule has 0 amide bonds. The summed E-state index contributed by atoms with van der Waals surface area (Å²) < 4.78 is 14.6. The van der Waals surface area contributed by atoms with Crippen molar-refractivity contribution in [2.24, 2.45) is 0 Å². The summed E-state index contributed by atoms with van der Waals surface area (Å²) in [4.78, 5) is 18.2. The number of aromatic nitrogens is 4. The van der Waals surface area contributed by atoms with Crippen LogP contribution >= 0.6 is 0 Å². The Labute approximate surface area is 430 Å².